The van der Waals surface area contributed by atoms with E-state index in [2.05, 4.69) is 0 Å². The molecule has 0 radical (unpaired) electrons. The lowest BCUT2D eigenvalue weighted by molar-refractivity contribution is -0.144. The highest BCUT2D eigenvalue weighted by molar-refractivity contribution is 5.82. The smallest absolute Gasteiger partial charge is 0.314 e. The van der Waals surface area contributed by atoms with Gasteiger partial charge in [0.15, 0.2) is 0 Å². The van der Waals surface area contributed by atoms with Gasteiger partial charge < -0.3 is 9.84 Å². The largest absolute Gasteiger partial charge is 0.497 e. The summed E-state index contributed by atoms with van der Waals surface area (Å²) < 4.78 is 31.7. The van der Waals surface area contributed by atoms with Gasteiger partial charge >= 0.3 is 5.97 Å². The van der Waals surface area contributed by atoms with Crippen LogP contribution in [0.15, 0.2) is 24.3 Å². The third-order valence-corrected chi connectivity index (χ3v) is 3.53. The lowest BCUT2D eigenvalue weighted by atomic mass is 9.79. The topological polar surface area (TPSA) is 46.5 Å². The van der Waals surface area contributed by atoms with Gasteiger partial charge in [-0.25, -0.2) is 8.78 Å². The van der Waals surface area contributed by atoms with E-state index in [1.54, 1.807) is 24.3 Å². The first-order chi connectivity index (χ1) is 8.39. The van der Waals surface area contributed by atoms with Crippen molar-refractivity contribution in [2.24, 2.45) is 0 Å². The third kappa shape index (κ3) is 2.05. The molecular weight excluding hydrogens is 242 g/mol. The molecule has 1 aliphatic rings. The van der Waals surface area contributed by atoms with Gasteiger partial charge in [0, 0.05) is 12.8 Å². The SMILES string of the molecule is COc1ccc(C2(C(=O)O)CCC(F)(F)C2)cc1. The first kappa shape index (κ1) is 12.8. The zero-order valence-electron chi connectivity index (χ0n) is 9.95. The number of carboxylic acids is 1. The van der Waals surface area contributed by atoms with Crippen LogP contribution in [0.3, 0.4) is 0 Å². The van der Waals surface area contributed by atoms with Crippen molar-refractivity contribution >= 4 is 5.97 Å². The summed E-state index contributed by atoms with van der Waals surface area (Å²) in [4.78, 5) is 11.4. The van der Waals surface area contributed by atoms with E-state index in [0.717, 1.165) is 0 Å². The van der Waals surface area contributed by atoms with E-state index in [1.807, 2.05) is 0 Å². The third-order valence-electron chi connectivity index (χ3n) is 3.53. The standard InChI is InChI=1S/C13H14F2O3/c1-18-10-4-2-9(3-5-10)12(11(16)17)6-7-13(14,15)8-12/h2-5H,6-8H2,1H3,(H,16,17). The Morgan fingerprint density at radius 2 is 1.89 bits per heavy atom. The second kappa shape index (κ2) is 4.23. The van der Waals surface area contributed by atoms with Crippen molar-refractivity contribution in [3.63, 3.8) is 0 Å². The number of carbonyl (C=O) groups is 1. The fourth-order valence-corrected chi connectivity index (χ4v) is 2.48. The summed E-state index contributed by atoms with van der Waals surface area (Å²) in [5.74, 6) is -3.52. The number of hydrogen-bond acceptors (Lipinski definition) is 2. The van der Waals surface area contributed by atoms with Gasteiger partial charge in [-0.15, -0.1) is 0 Å². The van der Waals surface area contributed by atoms with Crippen LogP contribution >= 0.6 is 0 Å². The molecule has 1 atom stereocenters. The summed E-state index contributed by atoms with van der Waals surface area (Å²) in [6.07, 6.45) is -1.06. The number of alkyl halides is 2. The van der Waals surface area contributed by atoms with Crippen molar-refractivity contribution in [2.45, 2.75) is 30.6 Å². The van der Waals surface area contributed by atoms with Crippen molar-refractivity contribution in [1.82, 2.24) is 0 Å². The highest BCUT2D eigenvalue weighted by Crippen LogP contribution is 2.49. The van der Waals surface area contributed by atoms with Crippen LogP contribution in [0.5, 0.6) is 5.75 Å². The first-order valence-electron chi connectivity index (χ1n) is 5.65. The number of ether oxygens (including phenoxy) is 1. The summed E-state index contributed by atoms with van der Waals surface area (Å²) >= 11 is 0. The molecule has 0 aliphatic heterocycles. The molecule has 98 valence electrons. The summed E-state index contributed by atoms with van der Waals surface area (Å²) in [7, 11) is 1.49. The molecule has 0 saturated heterocycles. The molecule has 18 heavy (non-hydrogen) atoms. The van der Waals surface area contributed by atoms with Crippen LogP contribution in [0.25, 0.3) is 0 Å². The Morgan fingerprint density at radius 1 is 1.28 bits per heavy atom. The Hall–Kier alpha value is -1.65. The molecule has 1 aliphatic carbocycles. The number of methoxy groups -OCH3 is 1. The molecule has 0 aromatic heterocycles. The fourth-order valence-electron chi connectivity index (χ4n) is 2.48. The van der Waals surface area contributed by atoms with Gasteiger partial charge in [-0.05, 0) is 24.1 Å². The lowest BCUT2D eigenvalue weighted by Gasteiger charge is -2.24. The second-order valence-corrected chi connectivity index (χ2v) is 4.65. The lowest BCUT2D eigenvalue weighted by Crippen LogP contribution is -2.34. The molecule has 3 nitrogen and oxygen atoms in total. The minimum absolute atomic E-state index is 0.0400. The van der Waals surface area contributed by atoms with Crippen molar-refractivity contribution in [3.05, 3.63) is 29.8 Å². The molecule has 1 aromatic rings. The molecule has 5 heteroatoms. The molecule has 1 fully saturated rings. The maximum Gasteiger partial charge on any atom is 0.314 e. The molecule has 0 heterocycles. The average Bonchev–Trinajstić information content (AvgIpc) is 2.67. The maximum absolute atomic E-state index is 13.3. The number of halogens is 2. The number of benzene rings is 1. The van der Waals surface area contributed by atoms with Crippen molar-refractivity contribution < 1.29 is 23.4 Å². The molecule has 0 spiro atoms. The van der Waals surface area contributed by atoms with Crippen molar-refractivity contribution in [1.29, 1.82) is 0 Å². The molecule has 2 rings (SSSR count). The molecule has 1 saturated carbocycles. The monoisotopic (exact) mass is 256 g/mol. The summed E-state index contributed by atoms with van der Waals surface area (Å²) in [6.45, 7) is 0. The molecule has 0 bridgehead atoms. The molecule has 1 N–H and O–H groups in total. The van der Waals surface area contributed by atoms with E-state index in [4.69, 9.17) is 4.74 Å². The highest BCUT2D eigenvalue weighted by Gasteiger charge is 2.54. The quantitative estimate of drug-likeness (QED) is 0.904. The predicted octanol–water partition coefficient (Wildman–Crippen LogP) is 2.84. The Bertz CT molecular complexity index is 456. The number of hydrogen-bond donors (Lipinski definition) is 1. The van der Waals surface area contributed by atoms with Crippen molar-refractivity contribution in [3.8, 4) is 5.75 Å². The van der Waals surface area contributed by atoms with Crippen LogP contribution in [0, 0.1) is 0 Å². The molecule has 1 aromatic carbocycles. The van der Waals surface area contributed by atoms with E-state index in [-0.39, 0.29) is 12.8 Å². The van der Waals surface area contributed by atoms with Gasteiger partial charge in [0.2, 0.25) is 5.92 Å². The van der Waals surface area contributed by atoms with E-state index in [1.165, 1.54) is 7.11 Å². The predicted molar refractivity (Wildman–Crippen MR) is 61.1 cm³/mol. The Labute approximate surface area is 103 Å². The van der Waals surface area contributed by atoms with Crippen molar-refractivity contribution in [2.75, 3.05) is 7.11 Å². The fraction of sp³-hybridized carbons (Fsp3) is 0.462. The van der Waals surface area contributed by atoms with Crippen LogP contribution in [0.1, 0.15) is 24.8 Å². The van der Waals surface area contributed by atoms with Crippen LogP contribution in [-0.2, 0) is 10.2 Å². The normalized spacial score (nSPS) is 25.9. The maximum atomic E-state index is 13.3. The Kier molecular flexibility index (Phi) is 3.00. The van der Waals surface area contributed by atoms with Crippen LogP contribution in [0.4, 0.5) is 8.78 Å². The molecule has 0 amide bonds. The highest BCUT2D eigenvalue weighted by atomic mass is 19.3. The van der Waals surface area contributed by atoms with Gasteiger partial charge in [0.1, 0.15) is 5.75 Å². The van der Waals surface area contributed by atoms with Gasteiger partial charge in [0.25, 0.3) is 0 Å². The van der Waals surface area contributed by atoms with Gasteiger partial charge in [-0.2, -0.15) is 0 Å². The van der Waals surface area contributed by atoms with E-state index in [9.17, 15) is 18.7 Å². The minimum atomic E-state index is -2.90. The van der Waals surface area contributed by atoms with Crippen LogP contribution in [-0.4, -0.2) is 24.1 Å². The number of carboxylic acid groups (broad SMARTS) is 1. The second-order valence-electron chi connectivity index (χ2n) is 4.65. The van der Waals surface area contributed by atoms with Gasteiger partial charge in [0.05, 0.1) is 12.5 Å². The summed E-state index contributed by atoms with van der Waals surface area (Å²) in [5, 5.41) is 9.31. The molecular formula is C13H14F2O3. The zero-order valence-corrected chi connectivity index (χ0v) is 9.95. The van der Waals surface area contributed by atoms with E-state index in [0.29, 0.717) is 11.3 Å². The Morgan fingerprint density at radius 3 is 2.28 bits per heavy atom. The minimum Gasteiger partial charge on any atom is -0.497 e. The van der Waals surface area contributed by atoms with Gasteiger partial charge in [-0.3, -0.25) is 4.79 Å². The van der Waals surface area contributed by atoms with Crippen LogP contribution < -0.4 is 4.74 Å². The zero-order chi connectivity index (χ0) is 13.4. The van der Waals surface area contributed by atoms with Crippen LogP contribution in [0.2, 0.25) is 0 Å². The van der Waals surface area contributed by atoms with E-state index >= 15 is 0 Å². The summed E-state index contributed by atoms with van der Waals surface area (Å²) in [6, 6.07) is 6.29. The number of rotatable bonds is 3. The Balaban J connectivity index is 2.39. The first-order valence-corrected chi connectivity index (χ1v) is 5.65. The van der Waals surface area contributed by atoms with Gasteiger partial charge in [-0.1, -0.05) is 12.1 Å². The van der Waals surface area contributed by atoms with E-state index < -0.39 is 23.7 Å². The number of aliphatic carboxylic acids is 1. The summed E-state index contributed by atoms with van der Waals surface area (Å²) in [5.41, 5.74) is -1.07. The molecule has 1 unspecified atom stereocenters. The average molecular weight is 256 g/mol.